The Morgan fingerprint density at radius 1 is 1.50 bits per heavy atom. The molecule has 3 nitrogen and oxygen atoms in total. The number of rotatable bonds is 5. The van der Waals surface area contributed by atoms with Crippen LogP contribution in [0.3, 0.4) is 0 Å². The fraction of sp³-hybridized carbons (Fsp3) is 0.500. The zero-order valence-electron chi connectivity index (χ0n) is 10.8. The maximum absolute atomic E-state index is 12.1. The van der Waals surface area contributed by atoms with Gasteiger partial charge in [-0.05, 0) is 42.9 Å². The van der Waals surface area contributed by atoms with Crippen molar-refractivity contribution in [2.75, 3.05) is 18.9 Å². The van der Waals surface area contributed by atoms with Gasteiger partial charge in [0.1, 0.15) is 0 Å². The third-order valence-electron chi connectivity index (χ3n) is 3.51. The first-order chi connectivity index (χ1) is 8.61. The summed E-state index contributed by atoms with van der Waals surface area (Å²) < 4.78 is 0. The molecule has 1 fully saturated rings. The fourth-order valence-corrected chi connectivity index (χ4v) is 2.28. The third kappa shape index (κ3) is 3.16. The number of carbonyl (C=O) groups is 1. The second-order valence-electron chi connectivity index (χ2n) is 4.96. The first kappa shape index (κ1) is 13.2. The lowest BCUT2D eigenvalue weighted by Gasteiger charge is -2.13. The van der Waals surface area contributed by atoms with Crippen LogP contribution in [0.4, 0.5) is 5.69 Å². The highest BCUT2D eigenvalue weighted by Gasteiger charge is 2.28. The maximum atomic E-state index is 12.1. The average molecular weight is 267 g/mol. The van der Waals surface area contributed by atoms with Crippen LogP contribution >= 0.6 is 11.6 Å². The van der Waals surface area contributed by atoms with E-state index in [2.05, 4.69) is 17.6 Å². The molecule has 2 N–H and O–H groups in total. The van der Waals surface area contributed by atoms with Crippen molar-refractivity contribution in [2.45, 2.75) is 19.8 Å². The minimum Gasteiger partial charge on any atom is -0.387 e. The summed E-state index contributed by atoms with van der Waals surface area (Å²) in [5.41, 5.74) is 1.41. The standard InChI is InChI=1S/C14H19ClN2O/c1-9(10-3-4-10)8-17-14(18)12-7-11(15)5-6-13(12)16-2/h5-7,9-10,16H,3-4,8H2,1-2H3,(H,17,18). The molecule has 1 aliphatic carbocycles. The van der Waals surface area contributed by atoms with E-state index in [-0.39, 0.29) is 5.91 Å². The normalized spacial score (nSPS) is 16.2. The molecule has 1 aliphatic rings. The number of anilines is 1. The van der Waals surface area contributed by atoms with Crippen molar-refractivity contribution in [1.29, 1.82) is 0 Å². The molecule has 1 atom stereocenters. The van der Waals surface area contributed by atoms with Crippen LogP contribution in [0.5, 0.6) is 0 Å². The molecule has 0 heterocycles. The van der Waals surface area contributed by atoms with Crippen molar-refractivity contribution in [3.8, 4) is 0 Å². The maximum Gasteiger partial charge on any atom is 0.253 e. The molecule has 0 saturated heterocycles. The van der Waals surface area contributed by atoms with E-state index >= 15 is 0 Å². The smallest absolute Gasteiger partial charge is 0.253 e. The second-order valence-corrected chi connectivity index (χ2v) is 5.40. The van der Waals surface area contributed by atoms with Crippen molar-refractivity contribution in [2.24, 2.45) is 11.8 Å². The molecule has 0 aromatic heterocycles. The number of hydrogen-bond acceptors (Lipinski definition) is 2. The van der Waals surface area contributed by atoms with Gasteiger partial charge >= 0.3 is 0 Å². The quantitative estimate of drug-likeness (QED) is 0.860. The molecule has 4 heteroatoms. The van der Waals surface area contributed by atoms with Crippen molar-refractivity contribution in [3.63, 3.8) is 0 Å². The highest BCUT2D eigenvalue weighted by Crippen LogP contribution is 2.36. The number of amides is 1. The van der Waals surface area contributed by atoms with Gasteiger partial charge in [-0.3, -0.25) is 4.79 Å². The largest absolute Gasteiger partial charge is 0.387 e. The highest BCUT2D eigenvalue weighted by molar-refractivity contribution is 6.31. The lowest BCUT2D eigenvalue weighted by molar-refractivity contribution is 0.0947. The molecule has 1 saturated carbocycles. The second kappa shape index (κ2) is 5.61. The van der Waals surface area contributed by atoms with Crippen LogP contribution in [0.1, 0.15) is 30.1 Å². The van der Waals surface area contributed by atoms with Crippen LogP contribution in [-0.4, -0.2) is 19.5 Å². The average Bonchev–Trinajstić information content (AvgIpc) is 3.19. The molecule has 98 valence electrons. The first-order valence-electron chi connectivity index (χ1n) is 6.37. The Kier molecular flexibility index (Phi) is 4.12. The summed E-state index contributed by atoms with van der Waals surface area (Å²) in [5.74, 6) is 1.30. The summed E-state index contributed by atoms with van der Waals surface area (Å²) in [6.07, 6.45) is 2.60. The van der Waals surface area contributed by atoms with Crippen molar-refractivity contribution in [1.82, 2.24) is 5.32 Å². The fourth-order valence-electron chi connectivity index (χ4n) is 2.10. The molecule has 18 heavy (non-hydrogen) atoms. The first-order valence-corrected chi connectivity index (χ1v) is 6.75. The lowest BCUT2D eigenvalue weighted by atomic mass is 10.1. The summed E-state index contributed by atoms with van der Waals surface area (Å²) >= 11 is 5.93. The van der Waals surface area contributed by atoms with Crippen LogP contribution in [0.25, 0.3) is 0 Å². The van der Waals surface area contributed by atoms with Gasteiger partial charge in [0.2, 0.25) is 0 Å². The van der Waals surface area contributed by atoms with Gasteiger partial charge in [0, 0.05) is 24.3 Å². The monoisotopic (exact) mass is 266 g/mol. The van der Waals surface area contributed by atoms with Crippen LogP contribution in [-0.2, 0) is 0 Å². The Hall–Kier alpha value is -1.22. The number of hydrogen-bond donors (Lipinski definition) is 2. The van der Waals surface area contributed by atoms with Gasteiger partial charge in [0.25, 0.3) is 5.91 Å². The predicted molar refractivity (Wildman–Crippen MR) is 75.2 cm³/mol. The van der Waals surface area contributed by atoms with Crippen LogP contribution in [0.15, 0.2) is 18.2 Å². The number of halogens is 1. The van der Waals surface area contributed by atoms with Crippen molar-refractivity contribution in [3.05, 3.63) is 28.8 Å². The molecule has 0 spiro atoms. The summed E-state index contributed by atoms with van der Waals surface area (Å²) in [6, 6.07) is 5.29. The summed E-state index contributed by atoms with van der Waals surface area (Å²) in [4.78, 5) is 12.1. The topological polar surface area (TPSA) is 41.1 Å². The van der Waals surface area contributed by atoms with E-state index in [4.69, 9.17) is 11.6 Å². The summed E-state index contributed by atoms with van der Waals surface area (Å²) in [6.45, 7) is 2.92. The number of carbonyl (C=O) groups excluding carboxylic acids is 1. The van der Waals surface area contributed by atoms with Crippen molar-refractivity contribution >= 4 is 23.2 Å². The molecule has 1 amide bonds. The van der Waals surface area contributed by atoms with E-state index in [1.165, 1.54) is 12.8 Å². The molecule has 2 rings (SSSR count). The van der Waals surface area contributed by atoms with E-state index < -0.39 is 0 Å². The van der Waals surface area contributed by atoms with Gasteiger partial charge in [-0.1, -0.05) is 18.5 Å². The van der Waals surface area contributed by atoms with Gasteiger partial charge in [-0.25, -0.2) is 0 Å². The Labute approximate surface area is 113 Å². The molecule has 0 radical (unpaired) electrons. The minimum absolute atomic E-state index is 0.0608. The molecule has 1 unspecified atom stereocenters. The van der Waals surface area contributed by atoms with Crippen LogP contribution in [0.2, 0.25) is 5.02 Å². The molecule has 1 aromatic carbocycles. The Morgan fingerprint density at radius 2 is 2.22 bits per heavy atom. The van der Waals surface area contributed by atoms with Gasteiger partial charge in [0.05, 0.1) is 5.56 Å². The minimum atomic E-state index is -0.0608. The van der Waals surface area contributed by atoms with E-state index in [1.807, 2.05) is 6.07 Å². The number of benzene rings is 1. The SMILES string of the molecule is CNc1ccc(Cl)cc1C(=O)NCC(C)C1CC1. The van der Waals surface area contributed by atoms with Gasteiger partial charge in [-0.2, -0.15) is 0 Å². The molecule has 0 aliphatic heterocycles. The lowest BCUT2D eigenvalue weighted by Crippen LogP contribution is -2.29. The number of nitrogens with one attached hydrogen (secondary N) is 2. The van der Waals surface area contributed by atoms with Gasteiger partial charge < -0.3 is 10.6 Å². The van der Waals surface area contributed by atoms with E-state index in [9.17, 15) is 4.79 Å². The Balaban J connectivity index is 2.00. The molecule has 1 aromatic rings. The Bertz CT molecular complexity index is 443. The predicted octanol–water partition coefficient (Wildman–Crippen LogP) is 3.16. The van der Waals surface area contributed by atoms with Crippen LogP contribution in [0, 0.1) is 11.8 Å². The molecular weight excluding hydrogens is 248 g/mol. The highest BCUT2D eigenvalue weighted by atomic mass is 35.5. The van der Waals surface area contributed by atoms with Gasteiger partial charge in [-0.15, -0.1) is 0 Å². The zero-order chi connectivity index (χ0) is 13.1. The van der Waals surface area contributed by atoms with E-state index in [1.54, 1.807) is 19.2 Å². The van der Waals surface area contributed by atoms with E-state index in [0.717, 1.165) is 18.2 Å². The van der Waals surface area contributed by atoms with Crippen molar-refractivity contribution < 1.29 is 4.79 Å². The third-order valence-corrected chi connectivity index (χ3v) is 3.74. The summed E-state index contributed by atoms with van der Waals surface area (Å²) in [7, 11) is 1.80. The molecular formula is C14H19ClN2O. The Morgan fingerprint density at radius 3 is 2.83 bits per heavy atom. The summed E-state index contributed by atoms with van der Waals surface area (Å²) in [5, 5.41) is 6.57. The zero-order valence-corrected chi connectivity index (χ0v) is 11.6. The van der Waals surface area contributed by atoms with Crippen LogP contribution < -0.4 is 10.6 Å². The van der Waals surface area contributed by atoms with Gasteiger partial charge in [0.15, 0.2) is 0 Å². The molecule has 0 bridgehead atoms. The van der Waals surface area contributed by atoms with E-state index in [0.29, 0.717) is 16.5 Å².